The molecule has 0 radical (unpaired) electrons. The van der Waals surface area contributed by atoms with Gasteiger partial charge < -0.3 is 35.0 Å². The molecule has 10 unspecified atom stereocenters. The van der Waals surface area contributed by atoms with Crippen molar-refractivity contribution in [2.45, 2.75) is 81.4 Å². The predicted molar refractivity (Wildman–Crippen MR) is 104 cm³/mol. The van der Waals surface area contributed by atoms with E-state index in [2.05, 4.69) is 0 Å². The Morgan fingerprint density at radius 3 is 2.34 bits per heavy atom. The summed E-state index contributed by atoms with van der Waals surface area (Å²) < 4.78 is 11.5. The van der Waals surface area contributed by atoms with Crippen LogP contribution in [-0.4, -0.2) is 91.4 Å². The van der Waals surface area contributed by atoms with Gasteiger partial charge in [-0.05, 0) is 13.8 Å². The molecule has 176 valence electrons. The first-order chi connectivity index (χ1) is 15.0. The minimum absolute atomic E-state index is 0.0464. The van der Waals surface area contributed by atoms with Gasteiger partial charge in [-0.2, -0.15) is 0 Å². The standard InChI is InChI=1S/C22H28O10/c1-6-13-9(3-8(31-6)4-12(24)25)18(26)15-16(19(13)27)21(29)17-14(20(15)28)10-5-11(23)22(17,30)7(2)32-10/h6-8,10-11,14-17,20-21,23,28-30H,3-5H2,1-2H3,(H,24,25)/t6-,7?,8+,10?,11?,14?,15?,16?,17?,20?,21?,22?/m0/s1. The van der Waals surface area contributed by atoms with Crippen LogP contribution in [0.2, 0.25) is 0 Å². The molecule has 0 spiro atoms. The molecule has 0 aromatic rings. The molecule has 5 N–H and O–H groups in total. The summed E-state index contributed by atoms with van der Waals surface area (Å²) in [5.74, 6) is -6.52. The summed E-state index contributed by atoms with van der Waals surface area (Å²) in [6, 6.07) is 0. The second kappa shape index (κ2) is 7.15. The van der Waals surface area contributed by atoms with Crippen LogP contribution in [0.4, 0.5) is 0 Å². The first kappa shape index (κ1) is 22.1. The summed E-state index contributed by atoms with van der Waals surface area (Å²) in [4.78, 5) is 38.2. The van der Waals surface area contributed by atoms with Crippen molar-refractivity contribution in [3.63, 3.8) is 0 Å². The number of aliphatic hydroxyl groups is 4. The van der Waals surface area contributed by atoms with Gasteiger partial charge in [-0.25, -0.2) is 0 Å². The largest absolute Gasteiger partial charge is 0.481 e. The molecule has 10 heteroatoms. The van der Waals surface area contributed by atoms with Crippen molar-refractivity contribution < 1.29 is 49.4 Å². The maximum absolute atomic E-state index is 13.5. The highest BCUT2D eigenvalue weighted by Crippen LogP contribution is 2.58. The van der Waals surface area contributed by atoms with E-state index in [-0.39, 0.29) is 30.4 Å². The van der Waals surface area contributed by atoms with E-state index >= 15 is 0 Å². The van der Waals surface area contributed by atoms with Crippen molar-refractivity contribution in [2.24, 2.45) is 23.7 Å². The van der Waals surface area contributed by atoms with Crippen LogP contribution in [0.5, 0.6) is 0 Å². The van der Waals surface area contributed by atoms with Crippen LogP contribution in [0.25, 0.3) is 0 Å². The lowest BCUT2D eigenvalue weighted by atomic mass is 9.48. The van der Waals surface area contributed by atoms with Gasteiger partial charge in [0.15, 0.2) is 11.6 Å². The van der Waals surface area contributed by atoms with Gasteiger partial charge in [-0.1, -0.05) is 0 Å². The number of aliphatic carboxylic acids is 1. The molecular formula is C22H28O10. The Kier molecular flexibility index (Phi) is 4.94. The lowest BCUT2D eigenvalue weighted by Gasteiger charge is -2.64. The molecule has 6 rings (SSSR count). The predicted octanol–water partition coefficient (Wildman–Crippen LogP) is -1.43. The molecule has 32 heavy (non-hydrogen) atoms. The van der Waals surface area contributed by atoms with Crippen molar-refractivity contribution in [3.05, 3.63) is 11.1 Å². The molecule has 3 aliphatic heterocycles. The molecule has 12 atom stereocenters. The fourth-order valence-electron chi connectivity index (χ4n) is 7.11. The number of aliphatic hydroxyl groups excluding tert-OH is 3. The number of fused-ring (bicyclic) bond motifs is 3. The molecule has 4 fully saturated rings. The number of ketones is 2. The molecule has 3 aliphatic carbocycles. The Morgan fingerprint density at radius 1 is 1.06 bits per heavy atom. The average Bonchev–Trinajstić information content (AvgIpc) is 2.69. The van der Waals surface area contributed by atoms with Gasteiger partial charge in [0, 0.05) is 35.8 Å². The Hall–Kier alpha value is -1.69. The topological polar surface area (TPSA) is 171 Å². The van der Waals surface area contributed by atoms with Crippen LogP contribution in [0, 0.1) is 23.7 Å². The van der Waals surface area contributed by atoms with Crippen molar-refractivity contribution in [2.75, 3.05) is 0 Å². The van der Waals surface area contributed by atoms with Crippen LogP contribution in [-0.2, 0) is 23.9 Å². The van der Waals surface area contributed by atoms with Crippen molar-refractivity contribution in [3.8, 4) is 0 Å². The number of carboxylic acid groups (broad SMARTS) is 1. The maximum Gasteiger partial charge on any atom is 0.305 e. The summed E-state index contributed by atoms with van der Waals surface area (Å²) in [5.41, 5.74) is -1.62. The third-order valence-electron chi connectivity index (χ3n) is 8.41. The summed E-state index contributed by atoms with van der Waals surface area (Å²) in [6.07, 6.45) is -7.52. The summed E-state index contributed by atoms with van der Waals surface area (Å²) in [7, 11) is 0. The number of hydrogen-bond donors (Lipinski definition) is 5. The van der Waals surface area contributed by atoms with Gasteiger partial charge in [0.25, 0.3) is 0 Å². The van der Waals surface area contributed by atoms with Gasteiger partial charge in [-0.15, -0.1) is 0 Å². The molecule has 10 nitrogen and oxygen atoms in total. The molecule has 0 aromatic heterocycles. The van der Waals surface area contributed by atoms with Crippen LogP contribution in [0.3, 0.4) is 0 Å². The van der Waals surface area contributed by atoms with Gasteiger partial charge in [0.05, 0.1) is 61.0 Å². The fourth-order valence-corrected chi connectivity index (χ4v) is 7.11. The lowest BCUT2D eigenvalue weighted by Crippen LogP contribution is -2.78. The normalized spacial score (nSPS) is 52.4. The second-order valence-corrected chi connectivity index (χ2v) is 9.91. The zero-order chi connectivity index (χ0) is 23.3. The van der Waals surface area contributed by atoms with Crippen molar-refractivity contribution >= 4 is 17.5 Å². The number of hydrogen-bond acceptors (Lipinski definition) is 9. The Bertz CT molecular complexity index is 898. The molecular weight excluding hydrogens is 424 g/mol. The minimum Gasteiger partial charge on any atom is -0.481 e. The van der Waals surface area contributed by atoms with E-state index in [1.54, 1.807) is 13.8 Å². The molecule has 2 saturated carbocycles. The maximum atomic E-state index is 13.5. The first-order valence-corrected chi connectivity index (χ1v) is 11.1. The average molecular weight is 452 g/mol. The van der Waals surface area contributed by atoms with Crippen molar-refractivity contribution in [1.29, 1.82) is 0 Å². The van der Waals surface area contributed by atoms with Crippen LogP contribution >= 0.6 is 0 Å². The third-order valence-corrected chi connectivity index (χ3v) is 8.41. The molecule has 0 aromatic carbocycles. The summed E-state index contributed by atoms with van der Waals surface area (Å²) >= 11 is 0. The van der Waals surface area contributed by atoms with Crippen molar-refractivity contribution in [1.82, 2.24) is 0 Å². The first-order valence-electron chi connectivity index (χ1n) is 11.1. The number of Topliss-reactive ketones (excluding diaryl/α,β-unsaturated/α-hetero) is 2. The van der Waals surface area contributed by atoms with Crippen LogP contribution in [0.1, 0.15) is 33.1 Å². The molecule has 2 saturated heterocycles. The highest BCUT2D eigenvalue weighted by Gasteiger charge is 2.71. The molecule has 0 amide bonds. The van der Waals surface area contributed by atoms with E-state index in [9.17, 15) is 34.8 Å². The highest BCUT2D eigenvalue weighted by molar-refractivity contribution is 6.15. The van der Waals surface area contributed by atoms with Crippen LogP contribution < -0.4 is 0 Å². The third kappa shape index (κ3) is 2.71. The second-order valence-electron chi connectivity index (χ2n) is 9.91. The summed E-state index contributed by atoms with van der Waals surface area (Å²) in [6.45, 7) is 3.13. The quantitative estimate of drug-likeness (QED) is 0.335. The monoisotopic (exact) mass is 452 g/mol. The fraction of sp³-hybridized carbons (Fsp3) is 0.773. The zero-order valence-electron chi connectivity index (χ0n) is 17.7. The number of carbonyl (C=O) groups is 3. The van der Waals surface area contributed by atoms with E-state index in [1.807, 2.05) is 0 Å². The molecule has 3 heterocycles. The van der Waals surface area contributed by atoms with E-state index in [1.165, 1.54) is 0 Å². The molecule has 2 bridgehead atoms. The van der Waals surface area contributed by atoms with Gasteiger partial charge in [0.2, 0.25) is 0 Å². The van der Waals surface area contributed by atoms with E-state index in [4.69, 9.17) is 14.6 Å². The SMILES string of the molecule is CC1OC2CC(O)C1(O)C1C(O)C3C(=O)C4=C(C[C@H](CC(=O)O)O[C@H]4C)C(=O)C3C(O)C21. The Morgan fingerprint density at radius 2 is 1.72 bits per heavy atom. The van der Waals surface area contributed by atoms with E-state index in [0.29, 0.717) is 0 Å². The molecule has 6 aliphatic rings. The number of rotatable bonds is 2. The zero-order valence-corrected chi connectivity index (χ0v) is 17.7. The van der Waals surface area contributed by atoms with Gasteiger partial charge in [-0.3, -0.25) is 14.4 Å². The van der Waals surface area contributed by atoms with E-state index in [0.717, 1.165) is 0 Å². The van der Waals surface area contributed by atoms with Gasteiger partial charge >= 0.3 is 5.97 Å². The van der Waals surface area contributed by atoms with E-state index < -0.39 is 89.5 Å². The highest BCUT2D eigenvalue weighted by atomic mass is 16.5. The smallest absolute Gasteiger partial charge is 0.305 e. The number of carbonyl (C=O) groups excluding carboxylic acids is 2. The Balaban J connectivity index is 1.57. The minimum atomic E-state index is -1.87. The lowest BCUT2D eigenvalue weighted by molar-refractivity contribution is -0.344. The van der Waals surface area contributed by atoms with Crippen LogP contribution in [0.15, 0.2) is 11.1 Å². The number of carboxylic acids is 1. The number of ether oxygens (including phenoxy) is 2. The summed E-state index contributed by atoms with van der Waals surface area (Å²) in [5, 5.41) is 53.6. The van der Waals surface area contributed by atoms with Gasteiger partial charge in [0.1, 0.15) is 5.60 Å². The Labute approximate surface area is 183 Å².